The van der Waals surface area contributed by atoms with Gasteiger partial charge in [0.25, 0.3) is 0 Å². The Balaban J connectivity index is 1.76. The van der Waals surface area contributed by atoms with Crippen molar-refractivity contribution in [3.8, 4) is 0 Å². The third-order valence-corrected chi connectivity index (χ3v) is 5.65. The zero-order valence-electron chi connectivity index (χ0n) is 16.4. The maximum absolute atomic E-state index is 12.8. The molecule has 3 rings (SSSR count). The molecule has 0 bridgehead atoms. The molecule has 27 heavy (non-hydrogen) atoms. The second kappa shape index (κ2) is 8.79. The fourth-order valence-electron chi connectivity index (χ4n) is 3.31. The molecule has 0 N–H and O–H groups in total. The van der Waals surface area contributed by atoms with Crippen LogP contribution < -0.4 is 0 Å². The number of ether oxygens (including phenoxy) is 1. The zero-order chi connectivity index (χ0) is 19.3. The molecular weight excluding hydrogens is 356 g/mol. The van der Waals surface area contributed by atoms with Crippen molar-refractivity contribution in [3.63, 3.8) is 0 Å². The van der Waals surface area contributed by atoms with Gasteiger partial charge in [-0.15, -0.1) is 11.8 Å². The Bertz CT molecular complexity index is 758. The highest BCUT2D eigenvalue weighted by Gasteiger charge is 2.31. The highest BCUT2D eigenvalue weighted by molar-refractivity contribution is 8.00. The monoisotopic (exact) mass is 384 g/mol. The first-order valence-electron chi connectivity index (χ1n) is 9.55. The molecule has 2 heterocycles. The largest absolute Gasteiger partial charge is 0.445 e. The predicted octanol–water partition coefficient (Wildman–Crippen LogP) is 5.84. The van der Waals surface area contributed by atoms with Gasteiger partial charge in [0.1, 0.15) is 11.6 Å². The van der Waals surface area contributed by atoms with Crippen LogP contribution in [-0.2, 0) is 11.3 Å². The predicted molar refractivity (Wildman–Crippen MR) is 110 cm³/mol. The standard InChI is InChI=1S/C22H28N2O2S/c1-22(2,3)27-20-18(12-9-14-23-20)19-13-7-8-15-24(19)21(25)26-16-17-10-5-4-6-11-17/h4-6,9-12,14,19H,7-8,13,15-16H2,1-3H3/t19-/m1/s1. The second-order valence-electron chi connectivity index (χ2n) is 7.86. The summed E-state index contributed by atoms with van der Waals surface area (Å²) in [5.74, 6) is 0. The molecule has 1 aromatic carbocycles. The minimum absolute atomic E-state index is 0.0283. The lowest BCUT2D eigenvalue weighted by atomic mass is 9.97. The number of aromatic nitrogens is 1. The number of carbonyl (C=O) groups excluding carboxylic acids is 1. The molecule has 0 saturated carbocycles. The molecule has 0 aliphatic carbocycles. The van der Waals surface area contributed by atoms with Gasteiger partial charge in [0.15, 0.2) is 0 Å². The summed E-state index contributed by atoms with van der Waals surface area (Å²) in [5, 5.41) is 1.01. The van der Waals surface area contributed by atoms with Crippen LogP contribution in [0.2, 0.25) is 0 Å². The molecule has 0 unspecified atom stereocenters. The summed E-state index contributed by atoms with van der Waals surface area (Å²) in [7, 11) is 0. The van der Waals surface area contributed by atoms with Crippen molar-refractivity contribution in [2.75, 3.05) is 6.54 Å². The van der Waals surface area contributed by atoms with E-state index in [1.807, 2.05) is 47.5 Å². The van der Waals surface area contributed by atoms with Crippen molar-refractivity contribution >= 4 is 17.9 Å². The Morgan fingerprint density at radius 1 is 1.19 bits per heavy atom. The number of nitrogens with zero attached hydrogens (tertiary/aromatic N) is 2. The fraction of sp³-hybridized carbons (Fsp3) is 0.455. The van der Waals surface area contributed by atoms with E-state index < -0.39 is 0 Å². The molecule has 0 spiro atoms. The Morgan fingerprint density at radius 2 is 1.96 bits per heavy atom. The number of hydrogen-bond donors (Lipinski definition) is 0. The Morgan fingerprint density at radius 3 is 2.70 bits per heavy atom. The average molecular weight is 385 g/mol. The summed E-state index contributed by atoms with van der Waals surface area (Å²) in [6.45, 7) is 7.58. The third-order valence-electron chi connectivity index (χ3n) is 4.50. The summed E-state index contributed by atoms with van der Waals surface area (Å²) in [6, 6.07) is 13.9. The smallest absolute Gasteiger partial charge is 0.410 e. The maximum Gasteiger partial charge on any atom is 0.410 e. The second-order valence-corrected chi connectivity index (χ2v) is 9.67. The van der Waals surface area contributed by atoms with Gasteiger partial charge in [0.2, 0.25) is 0 Å². The van der Waals surface area contributed by atoms with Gasteiger partial charge in [-0.3, -0.25) is 0 Å². The highest BCUT2D eigenvalue weighted by atomic mass is 32.2. The van der Waals surface area contributed by atoms with Gasteiger partial charge in [0.05, 0.1) is 6.04 Å². The molecule has 1 aliphatic rings. The quantitative estimate of drug-likeness (QED) is 0.621. The minimum atomic E-state index is -0.237. The van der Waals surface area contributed by atoms with E-state index >= 15 is 0 Å². The van der Waals surface area contributed by atoms with Crippen molar-refractivity contribution in [3.05, 3.63) is 59.8 Å². The van der Waals surface area contributed by atoms with Crippen LogP contribution in [0.1, 0.15) is 57.2 Å². The molecule has 2 aromatic rings. The first-order chi connectivity index (χ1) is 12.9. The Labute approximate surface area is 166 Å². The van der Waals surface area contributed by atoms with Crippen LogP contribution >= 0.6 is 11.8 Å². The molecule has 1 aliphatic heterocycles. The number of piperidine rings is 1. The number of carbonyl (C=O) groups is 1. The summed E-state index contributed by atoms with van der Waals surface area (Å²) in [5.41, 5.74) is 2.14. The summed E-state index contributed by atoms with van der Waals surface area (Å²) >= 11 is 1.76. The van der Waals surface area contributed by atoms with Crippen LogP contribution in [0.4, 0.5) is 4.79 Å². The van der Waals surface area contributed by atoms with Crippen LogP contribution in [0.15, 0.2) is 53.7 Å². The molecule has 1 fully saturated rings. The highest BCUT2D eigenvalue weighted by Crippen LogP contribution is 2.39. The minimum Gasteiger partial charge on any atom is -0.445 e. The number of hydrogen-bond acceptors (Lipinski definition) is 4. The molecule has 0 radical (unpaired) electrons. The molecule has 1 atom stereocenters. The number of rotatable bonds is 4. The lowest BCUT2D eigenvalue weighted by molar-refractivity contribution is 0.0672. The number of thioether (sulfide) groups is 1. The first-order valence-corrected chi connectivity index (χ1v) is 10.4. The first kappa shape index (κ1) is 19.7. The SMILES string of the molecule is CC(C)(C)Sc1ncccc1[C@H]1CCCCN1C(=O)OCc1ccccc1. The van der Waals surface area contributed by atoms with E-state index in [1.54, 1.807) is 11.8 Å². The lowest BCUT2D eigenvalue weighted by Crippen LogP contribution is -2.39. The van der Waals surface area contributed by atoms with Crippen LogP contribution in [0.25, 0.3) is 0 Å². The molecule has 1 amide bonds. The third kappa shape index (κ3) is 5.48. The molecule has 1 saturated heterocycles. The van der Waals surface area contributed by atoms with Crippen molar-refractivity contribution in [1.82, 2.24) is 9.88 Å². The van der Waals surface area contributed by atoms with Gasteiger partial charge in [-0.05, 0) is 30.9 Å². The fourth-order valence-corrected chi connectivity index (χ4v) is 4.32. The topological polar surface area (TPSA) is 42.4 Å². The average Bonchev–Trinajstić information content (AvgIpc) is 2.66. The van der Waals surface area contributed by atoms with Gasteiger partial charge in [-0.25, -0.2) is 9.78 Å². The van der Waals surface area contributed by atoms with Crippen molar-refractivity contribution in [2.24, 2.45) is 0 Å². The molecule has 144 valence electrons. The summed E-state index contributed by atoms with van der Waals surface area (Å²) < 4.78 is 5.69. The van der Waals surface area contributed by atoms with E-state index in [-0.39, 0.29) is 16.9 Å². The summed E-state index contributed by atoms with van der Waals surface area (Å²) in [4.78, 5) is 19.3. The number of amides is 1. The maximum atomic E-state index is 12.8. The van der Waals surface area contributed by atoms with Gasteiger partial charge in [0, 0.05) is 23.1 Å². The van der Waals surface area contributed by atoms with E-state index in [4.69, 9.17) is 4.74 Å². The van der Waals surface area contributed by atoms with Crippen molar-refractivity contribution in [1.29, 1.82) is 0 Å². The van der Waals surface area contributed by atoms with Crippen LogP contribution in [0.5, 0.6) is 0 Å². The Kier molecular flexibility index (Phi) is 6.42. The van der Waals surface area contributed by atoms with E-state index in [0.717, 1.165) is 42.0 Å². The number of pyridine rings is 1. The van der Waals surface area contributed by atoms with Gasteiger partial charge < -0.3 is 9.64 Å². The molecular formula is C22H28N2O2S. The van der Waals surface area contributed by atoms with E-state index in [2.05, 4.69) is 31.8 Å². The van der Waals surface area contributed by atoms with Crippen LogP contribution in [-0.4, -0.2) is 27.3 Å². The van der Waals surface area contributed by atoms with Gasteiger partial charge in [-0.1, -0.05) is 57.2 Å². The van der Waals surface area contributed by atoms with Gasteiger partial charge >= 0.3 is 6.09 Å². The molecule has 5 heteroatoms. The normalized spacial score (nSPS) is 17.6. The zero-order valence-corrected chi connectivity index (χ0v) is 17.2. The van der Waals surface area contributed by atoms with Crippen molar-refractivity contribution in [2.45, 2.75) is 62.5 Å². The Hall–Kier alpha value is -2.01. The molecule has 1 aromatic heterocycles. The van der Waals surface area contributed by atoms with Crippen LogP contribution in [0, 0.1) is 0 Å². The van der Waals surface area contributed by atoms with Gasteiger partial charge in [-0.2, -0.15) is 0 Å². The van der Waals surface area contributed by atoms with E-state index in [1.165, 1.54) is 0 Å². The number of benzene rings is 1. The van der Waals surface area contributed by atoms with E-state index in [0.29, 0.717) is 6.61 Å². The van der Waals surface area contributed by atoms with E-state index in [9.17, 15) is 4.79 Å². The summed E-state index contributed by atoms with van der Waals surface area (Å²) in [6.07, 6.45) is 4.67. The van der Waals surface area contributed by atoms with Crippen LogP contribution in [0.3, 0.4) is 0 Å². The van der Waals surface area contributed by atoms with Crippen molar-refractivity contribution < 1.29 is 9.53 Å². The lowest BCUT2D eigenvalue weighted by Gasteiger charge is -2.36. The number of likely N-dealkylation sites (tertiary alicyclic amines) is 1. The molecule has 4 nitrogen and oxygen atoms in total.